The molecule has 7 heteroatoms. The van der Waals surface area contributed by atoms with Gasteiger partial charge in [0.2, 0.25) is 0 Å². The van der Waals surface area contributed by atoms with Crippen molar-refractivity contribution in [1.29, 1.82) is 0 Å². The number of benzene rings is 2. The third-order valence-corrected chi connectivity index (χ3v) is 3.94. The lowest BCUT2D eigenvalue weighted by Crippen LogP contribution is -2.22. The van der Waals surface area contributed by atoms with Crippen molar-refractivity contribution < 1.29 is 19.2 Å². The Kier molecular flexibility index (Phi) is 6.43. The summed E-state index contributed by atoms with van der Waals surface area (Å²) in [6.07, 6.45) is 2.04. The molecule has 7 nitrogen and oxygen atoms in total. The van der Waals surface area contributed by atoms with Crippen molar-refractivity contribution in [3.8, 4) is 5.75 Å². The summed E-state index contributed by atoms with van der Waals surface area (Å²) in [5.41, 5.74) is 2.60. The van der Waals surface area contributed by atoms with E-state index in [1.807, 2.05) is 32.0 Å². The monoisotopic (exact) mass is 356 g/mol. The van der Waals surface area contributed by atoms with E-state index in [0.29, 0.717) is 6.29 Å². The molecule has 0 saturated carbocycles. The number of nitrogens with zero attached hydrogens (tertiary/aromatic N) is 1. The van der Waals surface area contributed by atoms with Crippen LogP contribution in [0.4, 0.5) is 11.4 Å². The molecule has 0 heterocycles. The van der Waals surface area contributed by atoms with Crippen LogP contribution >= 0.6 is 0 Å². The Balaban J connectivity index is 2.13. The van der Waals surface area contributed by atoms with Gasteiger partial charge in [-0.05, 0) is 36.1 Å². The second-order valence-corrected chi connectivity index (χ2v) is 5.60. The highest BCUT2D eigenvalue weighted by Gasteiger charge is 2.18. The van der Waals surface area contributed by atoms with Gasteiger partial charge in [0, 0.05) is 17.3 Å². The summed E-state index contributed by atoms with van der Waals surface area (Å²) in [5.74, 6) is -0.468. The Morgan fingerprint density at radius 2 is 1.85 bits per heavy atom. The predicted molar refractivity (Wildman–Crippen MR) is 97.8 cm³/mol. The number of aldehydes is 1. The summed E-state index contributed by atoms with van der Waals surface area (Å²) in [5, 5.41) is 13.9. The predicted octanol–water partition coefficient (Wildman–Crippen LogP) is 3.55. The number of nitrogens with one attached hydrogen (secondary N) is 1. The first-order valence-electron chi connectivity index (χ1n) is 8.27. The lowest BCUT2D eigenvalue weighted by atomic mass is 10.0. The maximum Gasteiger partial charge on any atom is 0.311 e. The van der Waals surface area contributed by atoms with Crippen LogP contribution < -0.4 is 10.1 Å². The van der Waals surface area contributed by atoms with Crippen LogP contribution in [0.15, 0.2) is 36.4 Å². The van der Waals surface area contributed by atoms with Gasteiger partial charge < -0.3 is 10.1 Å². The molecule has 0 aromatic heterocycles. The molecule has 136 valence electrons. The first-order valence-corrected chi connectivity index (χ1v) is 8.27. The lowest BCUT2D eigenvalue weighted by molar-refractivity contribution is -0.385. The summed E-state index contributed by atoms with van der Waals surface area (Å²) in [6.45, 7) is 3.63. The van der Waals surface area contributed by atoms with E-state index in [1.54, 1.807) is 0 Å². The van der Waals surface area contributed by atoms with Gasteiger partial charge in [-0.3, -0.25) is 19.7 Å². The zero-order valence-electron chi connectivity index (χ0n) is 14.7. The van der Waals surface area contributed by atoms with Crippen molar-refractivity contribution in [2.24, 2.45) is 0 Å². The smallest absolute Gasteiger partial charge is 0.311 e. The van der Waals surface area contributed by atoms with Gasteiger partial charge in [0.15, 0.2) is 12.4 Å². The van der Waals surface area contributed by atoms with Crippen LogP contribution in [0, 0.1) is 10.1 Å². The molecule has 1 N–H and O–H groups in total. The first-order chi connectivity index (χ1) is 12.5. The molecule has 0 bridgehead atoms. The molecule has 0 aliphatic rings. The number of nitro groups is 1. The highest BCUT2D eigenvalue weighted by Crippen LogP contribution is 2.28. The fraction of sp³-hybridized carbons (Fsp3) is 0.263. The van der Waals surface area contributed by atoms with Crippen LogP contribution in [0.5, 0.6) is 5.75 Å². The third kappa shape index (κ3) is 4.44. The molecular formula is C19H20N2O5. The number of ether oxygens (including phenoxy) is 1. The van der Waals surface area contributed by atoms with E-state index in [4.69, 9.17) is 4.74 Å². The largest absolute Gasteiger partial charge is 0.477 e. The van der Waals surface area contributed by atoms with Crippen molar-refractivity contribution in [1.82, 2.24) is 0 Å². The maximum absolute atomic E-state index is 12.3. The summed E-state index contributed by atoms with van der Waals surface area (Å²) >= 11 is 0. The van der Waals surface area contributed by atoms with Crippen molar-refractivity contribution in [3.05, 3.63) is 63.2 Å². The van der Waals surface area contributed by atoms with Crippen LogP contribution in [0.1, 0.15) is 35.3 Å². The van der Waals surface area contributed by atoms with Crippen LogP contribution in [0.2, 0.25) is 0 Å². The standard InChI is InChI=1S/C19H20N2O5/c1-3-14-6-5-7-15(4-2)19(14)20-18(23)12-26-17-9-8-13(11-22)10-16(17)21(24)25/h5-11H,3-4,12H2,1-2H3,(H,20,23). The minimum absolute atomic E-state index is 0.0600. The minimum Gasteiger partial charge on any atom is -0.477 e. The molecule has 0 fully saturated rings. The molecule has 0 spiro atoms. The number of hydrogen-bond donors (Lipinski definition) is 1. The van der Waals surface area contributed by atoms with Gasteiger partial charge in [0.05, 0.1) is 4.92 Å². The number of carbonyl (C=O) groups is 2. The molecule has 0 aliphatic heterocycles. The van der Waals surface area contributed by atoms with E-state index < -0.39 is 10.8 Å². The van der Waals surface area contributed by atoms with Crippen LogP contribution in [0.3, 0.4) is 0 Å². The molecule has 26 heavy (non-hydrogen) atoms. The number of nitro benzene ring substituents is 1. The van der Waals surface area contributed by atoms with Crippen molar-refractivity contribution in [3.63, 3.8) is 0 Å². The number of hydrogen-bond acceptors (Lipinski definition) is 5. The highest BCUT2D eigenvalue weighted by atomic mass is 16.6. The van der Waals surface area contributed by atoms with Gasteiger partial charge >= 0.3 is 5.69 Å². The van der Waals surface area contributed by atoms with E-state index in [9.17, 15) is 19.7 Å². The number of carbonyl (C=O) groups excluding carboxylic acids is 2. The summed E-state index contributed by atoms with van der Waals surface area (Å²) in [4.78, 5) is 33.5. The highest BCUT2D eigenvalue weighted by molar-refractivity contribution is 5.93. The number of rotatable bonds is 8. The normalized spacial score (nSPS) is 10.2. The van der Waals surface area contributed by atoms with Crippen molar-refractivity contribution in [2.75, 3.05) is 11.9 Å². The zero-order valence-corrected chi connectivity index (χ0v) is 14.7. The SMILES string of the molecule is CCc1cccc(CC)c1NC(=O)COc1ccc(C=O)cc1[N+](=O)[O-]. The molecule has 2 aromatic carbocycles. The van der Waals surface area contributed by atoms with Gasteiger partial charge in [0.25, 0.3) is 5.91 Å². The van der Waals surface area contributed by atoms with Crippen LogP contribution in [0.25, 0.3) is 0 Å². The second-order valence-electron chi connectivity index (χ2n) is 5.60. The number of aryl methyl sites for hydroxylation is 2. The molecule has 2 rings (SSSR count). The van der Waals surface area contributed by atoms with Crippen LogP contribution in [-0.2, 0) is 17.6 Å². The fourth-order valence-electron chi connectivity index (χ4n) is 2.59. The van der Waals surface area contributed by atoms with Crippen molar-refractivity contribution in [2.45, 2.75) is 26.7 Å². The first kappa shape index (κ1) is 19.1. The number of amides is 1. The van der Waals surface area contributed by atoms with E-state index in [0.717, 1.165) is 35.7 Å². The van der Waals surface area contributed by atoms with E-state index in [2.05, 4.69) is 5.32 Å². The van der Waals surface area contributed by atoms with Gasteiger partial charge in [-0.15, -0.1) is 0 Å². The van der Waals surface area contributed by atoms with Gasteiger partial charge in [0.1, 0.15) is 6.29 Å². The van der Waals surface area contributed by atoms with E-state index >= 15 is 0 Å². The Morgan fingerprint density at radius 1 is 1.19 bits per heavy atom. The number of para-hydroxylation sites is 1. The molecule has 0 saturated heterocycles. The molecule has 0 radical (unpaired) electrons. The summed E-state index contributed by atoms with van der Waals surface area (Å²) in [7, 11) is 0. The topological polar surface area (TPSA) is 98.5 Å². The molecule has 0 unspecified atom stereocenters. The molecule has 1 amide bonds. The minimum atomic E-state index is -0.651. The molecule has 0 atom stereocenters. The van der Waals surface area contributed by atoms with Gasteiger partial charge in [-0.25, -0.2) is 0 Å². The van der Waals surface area contributed by atoms with Crippen LogP contribution in [-0.4, -0.2) is 23.7 Å². The van der Waals surface area contributed by atoms with E-state index in [1.165, 1.54) is 12.1 Å². The van der Waals surface area contributed by atoms with Crippen molar-refractivity contribution >= 4 is 23.6 Å². The molecule has 2 aromatic rings. The number of anilines is 1. The Bertz CT molecular complexity index is 810. The van der Waals surface area contributed by atoms with Gasteiger partial charge in [-0.1, -0.05) is 32.0 Å². The quantitative estimate of drug-likeness (QED) is 0.443. The Labute approximate surface area is 151 Å². The Morgan fingerprint density at radius 3 is 2.38 bits per heavy atom. The average molecular weight is 356 g/mol. The fourth-order valence-corrected chi connectivity index (χ4v) is 2.59. The van der Waals surface area contributed by atoms with E-state index in [-0.39, 0.29) is 23.6 Å². The maximum atomic E-state index is 12.3. The average Bonchev–Trinajstić information content (AvgIpc) is 2.66. The summed E-state index contributed by atoms with van der Waals surface area (Å²) in [6, 6.07) is 9.66. The Hall–Kier alpha value is -3.22. The molecule has 0 aliphatic carbocycles. The zero-order chi connectivity index (χ0) is 19.1. The third-order valence-electron chi connectivity index (χ3n) is 3.94. The summed E-state index contributed by atoms with van der Waals surface area (Å²) < 4.78 is 5.31. The lowest BCUT2D eigenvalue weighted by Gasteiger charge is -2.14. The molecular weight excluding hydrogens is 336 g/mol. The second kappa shape index (κ2) is 8.75. The van der Waals surface area contributed by atoms with Gasteiger partial charge in [-0.2, -0.15) is 0 Å².